The number of carboxylic acids is 1. The number of amides is 1. The molecule has 0 radical (unpaired) electrons. The molecule has 0 bridgehead atoms. The number of carbonyl (C=O) groups excluding carboxylic acids is 1. The number of anilines is 1. The average molecular weight is 272 g/mol. The van der Waals surface area contributed by atoms with E-state index in [4.69, 9.17) is 21.1 Å². The Bertz CT molecular complexity index is 574. The molecule has 0 aliphatic heterocycles. The van der Waals surface area contributed by atoms with Crippen molar-refractivity contribution < 1.29 is 19.1 Å². The summed E-state index contributed by atoms with van der Waals surface area (Å²) < 4.78 is 4.90. The monoisotopic (exact) mass is 271 g/mol. The third-order valence-electron chi connectivity index (χ3n) is 1.92. The van der Waals surface area contributed by atoms with Gasteiger partial charge in [-0.2, -0.15) is 0 Å². The number of nitrogens with one attached hydrogen (secondary N) is 1. The second kappa shape index (κ2) is 4.60. The van der Waals surface area contributed by atoms with E-state index in [0.717, 1.165) is 11.3 Å². The van der Waals surface area contributed by atoms with Crippen LogP contribution in [-0.4, -0.2) is 17.0 Å². The van der Waals surface area contributed by atoms with E-state index in [-0.39, 0.29) is 21.5 Å². The first-order chi connectivity index (χ1) is 8.08. The smallest absolute Gasteiger partial charge is 0.338 e. The second-order valence-corrected chi connectivity index (χ2v) is 4.32. The average Bonchev–Trinajstić information content (AvgIpc) is 2.86. The highest BCUT2D eigenvalue weighted by Crippen LogP contribution is 2.24. The molecular weight excluding hydrogens is 266 g/mol. The first-order valence-corrected chi connectivity index (χ1v) is 5.71. The molecule has 1 amide bonds. The molecule has 0 aliphatic rings. The molecule has 0 fully saturated rings. The number of hydrogen-bond donors (Lipinski definition) is 2. The van der Waals surface area contributed by atoms with Gasteiger partial charge in [0.25, 0.3) is 5.91 Å². The Morgan fingerprint density at radius 2 is 2.12 bits per heavy atom. The minimum absolute atomic E-state index is 0.0275. The molecule has 0 unspecified atom stereocenters. The Kier molecular flexibility index (Phi) is 3.16. The van der Waals surface area contributed by atoms with Crippen molar-refractivity contribution in [1.82, 2.24) is 0 Å². The summed E-state index contributed by atoms with van der Waals surface area (Å²) in [5.41, 5.74) is 0.0426. The van der Waals surface area contributed by atoms with Gasteiger partial charge in [0.15, 0.2) is 11.0 Å². The largest absolute Gasteiger partial charge is 0.478 e. The maximum atomic E-state index is 11.7. The Balaban J connectivity index is 2.18. The Morgan fingerprint density at radius 3 is 2.71 bits per heavy atom. The zero-order valence-corrected chi connectivity index (χ0v) is 9.84. The number of carboxylic acid groups (broad SMARTS) is 1. The van der Waals surface area contributed by atoms with Crippen molar-refractivity contribution in [2.45, 2.75) is 0 Å². The molecule has 2 aromatic heterocycles. The molecule has 0 saturated carbocycles. The van der Waals surface area contributed by atoms with Crippen molar-refractivity contribution in [2.24, 2.45) is 0 Å². The normalized spacial score (nSPS) is 10.2. The van der Waals surface area contributed by atoms with Gasteiger partial charge in [-0.25, -0.2) is 4.79 Å². The minimum Gasteiger partial charge on any atom is -0.478 e. The molecule has 0 aromatic carbocycles. The molecule has 5 nitrogen and oxygen atoms in total. The van der Waals surface area contributed by atoms with E-state index in [9.17, 15) is 9.59 Å². The van der Waals surface area contributed by atoms with E-state index in [1.165, 1.54) is 18.2 Å². The number of halogens is 1. The van der Waals surface area contributed by atoms with Crippen LogP contribution in [-0.2, 0) is 0 Å². The van der Waals surface area contributed by atoms with Crippen LogP contribution in [0.2, 0.25) is 5.22 Å². The number of thiophene rings is 1. The van der Waals surface area contributed by atoms with Crippen LogP contribution in [0.3, 0.4) is 0 Å². The van der Waals surface area contributed by atoms with Gasteiger partial charge in [0.1, 0.15) is 5.00 Å². The number of hydrogen-bond acceptors (Lipinski definition) is 4. The minimum atomic E-state index is -1.10. The highest BCUT2D eigenvalue weighted by Gasteiger charge is 2.16. The van der Waals surface area contributed by atoms with E-state index in [1.807, 2.05) is 0 Å². The molecule has 0 atom stereocenters. The topological polar surface area (TPSA) is 79.5 Å². The highest BCUT2D eigenvalue weighted by atomic mass is 35.5. The molecule has 0 aliphatic carbocycles. The summed E-state index contributed by atoms with van der Waals surface area (Å²) in [4.78, 5) is 22.5. The first-order valence-electron chi connectivity index (χ1n) is 4.45. The second-order valence-electron chi connectivity index (χ2n) is 3.03. The van der Waals surface area contributed by atoms with Crippen LogP contribution >= 0.6 is 22.9 Å². The molecule has 7 heteroatoms. The van der Waals surface area contributed by atoms with Gasteiger partial charge in [0.05, 0.1) is 5.56 Å². The lowest BCUT2D eigenvalue weighted by atomic mass is 10.3. The van der Waals surface area contributed by atoms with E-state index in [1.54, 1.807) is 5.38 Å². The summed E-state index contributed by atoms with van der Waals surface area (Å²) >= 11 is 6.65. The third-order valence-corrected chi connectivity index (χ3v) is 2.95. The molecule has 2 rings (SSSR count). The highest BCUT2D eigenvalue weighted by molar-refractivity contribution is 7.14. The van der Waals surface area contributed by atoms with Gasteiger partial charge in [-0.1, -0.05) is 0 Å². The quantitative estimate of drug-likeness (QED) is 0.899. The molecular formula is C10H6ClNO4S. The van der Waals surface area contributed by atoms with Gasteiger partial charge in [-0.05, 0) is 35.2 Å². The fourth-order valence-electron chi connectivity index (χ4n) is 1.18. The van der Waals surface area contributed by atoms with Crippen LogP contribution in [0.1, 0.15) is 20.9 Å². The molecule has 0 spiro atoms. The predicted molar refractivity (Wildman–Crippen MR) is 62.9 cm³/mol. The summed E-state index contributed by atoms with van der Waals surface area (Å²) in [5, 5.41) is 13.2. The van der Waals surface area contributed by atoms with E-state index < -0.39 is 11.9 Å². The van der Waals surface area contributed by atoms with E-state index >= 15 is 0 Å². The summed E-state index contributed by atoms with van der Waals surface area (Å²) in [7, 11) is 0. The van der Waals surface area contributed by atoms with Gasteiger partial charge in [-0.15, -0.1) is 11.3 Å². The molecule has 88 valence electrons. The summed E-state index contributed by atoms with van der Waals surface area (Å²) in [6, 6.07) is 4.26. The van der Waals surface area contributed by atoms with Crippen LogP contribution < -0.4 is 5.32 Å². The van der Waals surface area contributed by atoms with Crippen LogP contribution in [0.4, 0.5) is 5.00 Å². The fourth-order valence-corrected chi connectivity index (χ4v) is 2.10. The van der Waals surface area contributed by atoms with Gasteiger partial charge in [-0.3, -0.25) is 4.79 Å². The van der Waals surface area contributed by atoms with Crippen molar-refractivity contribution in [3.05, 3.63) is 40.1 Å². The van der Waals surface area contributed by atoms with Crippen molar-refractivity contribution in [3.63, 3.8) is 0 Å². The maximum Gasteiger partial charge on any atom is 0.338 e. The van der Waals surface area contributed by atoms with Crippen LogP contribution in [0, 0.1) is 0 Å². The van der Waals surface area contributed by atoms with Crippen LogP contribution in [0.5, 0.6) is 0 Å². The number of rotatable bonds is 3. The number of furan rings is 1. The van der Waals surface area contributed by atoms with Crippen LogP contribution in [0.25, 0.3) is 0 Å². The van der Waals surface area contributed by atoms with Crippen molar-refractivity contribution in [1.29, 1.82) is 0 Å². The first kappa shape index (κ1) is 11.7. The molecule has 2 aromatic rings. The van der Waals surface area contributed by atoms with Crippen molar-refractivity contribution in [3.8, 4) is 0 Å². The zero-order valence-electron chi connectivity index (χ0n) is 8.27. The summed E-state index contributed by atoms with van der Waals surface area (Å²) in [6.07, 6.45) is 0. The standard InChI is InChI=1S/C10H6ClNO4S/c11-7-2-1-6(16-7)8(13)12-9-5(10(14)15)3-4-17-9/h1-4H,(H,12,13)(H,14,15). The summed E-state index contributed by atoms with van der Waals surface area (Å²) in [6.45, 7) is 0. The van der Waals surface area contributed by atoms with Gasteiger partial charge in [0.2, 0.25) is 0 Å². The fraction of sp³-hybridized carbons (Fsp3) is 0. The lowest BCUT2D eigenvalue weighted by Crippen LogP contribution is -2.12. The third kappa shape index (κ3) is 2.48. The van der Waals surface area contributed by atoms with Crippen molar-refractivity contribution in [2.75, 3.05) is 5.32 Å². The maximum absolute atomic E-state index is 11.7. The van der Waals surface area contributed by atoms with Gasteiger partial charge in [0, 0.05) is 0 Å². The summed E-state index contributed by atoms with van der Waals surface area (Å²) in [5.74, 6) is -1.61. The predicted octanol–water partition coefficient (Wildman–Crippen LogP) is 2.95. The Labute approximate surface area is 105 Å². The van der Waals surface area contributed by atoms with Crippen LogP contribution in [0.15, 0.2) is 28.0 Å². The number of carbonyl (C=O) groups is 2. The van der Waals surface area contributed by atoms with E-state index in [2.05, 4.69) is 5.32 Å². The van der Waals surface area contributed by atoms with Gasteiger partial charge >= 0.3 is 5.97 Å². The Hall–Kier alpha value is -1.79. The molecule has 2 heterocycles. The lowest BCUT2D eigenvalue weighted by Gasteiger charge is -2.01. The number of aromatic carboxylic acids is 1. The molecule has 0 saturated heterocycles. The van der Waals surface area contributed by atoms with Gasteiger partial charge < -0.3 is 14.8 Å². The van der Waals surface area contributed by atoms with Crippen molar-refractivity contribution >= 4 is 39.8 Å². The Morgan fingerprint density at radius 1 is 1.35 bits per heavy atom. The lowest BCUT2D eigenvalue weighted by molar-refractivity contribution is 0.0698. The molecule has 17 heavy (non-hydrogen) atoms. The molecule has 2 N–H and O–H groups in total. The SMILES string of the molecule is O=C(Nc1sccc1C(=O)O)c1ccc(Cl)o1. The van der Waals surface area contributed by atoms with E-state index in [0.29, 0.717) is 0 Å². The zero-order chi connectivity index (χ0) is 12.4.